The molecule has 0 saturated carbocycles. The number of carbonyl (C=O) groups excluding carboxylic acids is 2. The average molecular weight is 1260 g/mol. The van der Waals surface area contributed by atoms with E-state index in [1.54, 1.807) is 0 Å². The maximum absolute atomic E-state index is 12.9. The number of carbonyl (C=O) groups is 2. The quantitative estimate of drug-likeness (QED) is 0.0211. The highest BCUT2D eigenvalue weighted by molar-refractivity contribution is 7.47. The predicted octanol–water partition coefficient (Wildman–Crippen LogP) is 24.7. The Morgan fingerprint density at radius 1 is 0.364 bits per heavy atom. The van der Waals surface area contributed by atoms with E-state index in [9.17, 15) is 19.0 Å². The van der Waals surface area contributed by atoms with E-state index in [1.807, 2.05) is 21.1 Å². The van der Waals surface area contributed by atoms with E-state index in [1.165, 1.54) is 263 Å². The minimum absolute atomic E-state index is 0.0319. The summed E-state index contributed by atoms with van der Waals surface area (Å²) in [4.78, 5) is 35.9. The van der Waals surface area contributed by atoms with Crippen LogP contribution in [0.15, 0.2) is 72.9 Å². The lowest BCUT2D eigenvalue weighted by Crippen LogP contribution is -2.37. The summed E-state index contributed by atoms with van der Waals surface area (Å²) in [7, 11) is 1.49. The Labute approximate surface area is 546 Å². The lowest BCUT2D eigenvalue weighted by atomic mass is 10.0. The molecule has 0 fully saturated rings. The fourth-order valence-corrected chi connectivity index (χ4v) is 11.7. The Morgan fingerprint density at radius 3 is 0.966 bits per heavy atom. The first-order valence-corrected chi connectivity index (χ1v) is 39.2. The van der Waals surface area contributed by atoms with Gasteiger partial charge in [-0.15, -0.1) is 0 Å². The molecule has 0 amide bonds. The summed E-state index contributed by atoms with van der Waals surface area (Å²) in [6.07, 6.45) is 93.2. The number of hydrogen-bond acceptors (Lipinski definition) is 7. The molecule has 0 aromatic carbocycles. The molecule has 514 valence electrons. The Balaban J connectivity index is 3.94. The standard InChI is InChI=1S/C78H144NO8P/c1-6-8-10-12-14-16-18-20-22-24-26-28-30-32-34-35-36-37-38-39-40-41-42-43-45-46-48-50-52-54-56-58-60-62-64-66-68-70-77(80)84-74-76(75-86-88(82,83)85-73-72-79(3,4)5)87-78(81)71-69-67-65-63-61-59-57-55-53-51-49-47-44-33-31-29-27-25-23-21-19-17-15-13-11-9-7-2/h9,11,15,17-18,20-21,23-24,26-27,29,76H,6-8,10,12-14,16,19,22,25,28,30-75H2,1-5H3/p+1/b11-9-,17-15-,20-18-,23-21-,26-24-,29-27-. The number of nitrogens with zero attached hydrogens (tertiary/aromatic N) is 1. The van der Waals surface area contributed by atoms with Gasteiger partial charge in [0.1, 0.15) is 19.8 Å². The fraction of sp³-hybridized carbons (Fsp3) is 0.821. The van der Waals surface area contributed by atoms with Crippen LogP contribution < -0.4 is 0 Å². The minimum atomic E-state index is -4.39. The van der Waals surface area contributed by atoms with Gasteiger partial charge in [-0.05, 0) is 83.5 Å². The van der Waals surface area contributed by atoms with E-state index in [0.29, 0.717) is 23.9 Å². The van der Waals surface area contributed by atoms with Crippen LogP contribution in [0, 0.1) is 0 Å². The number of phosphoric acid groups is 1. The van der Waals surface area contributed by atoms with Crippen LogP contribution in [0.1, 0.15) is 361 Å². The first kappa shape index (κ1) is 85.5. The van der Waals surface area contributed by atoms with Gasteiger partial charge in [-0.2, -0.15) is 0 Å². The van der Waals surface area contributed by atoms with Crippen molar-refractivity contribution in [2.24, 2.45) is 0 Å². The van der Waals surface area contributed by atoms with E-state index in [4.69, 9.17) is 18.5 Å². The van der Waals surface area contributed by atoms with Gasteiger partial charge in [0.05, 0.1) is 27.7 Å². The Kier molecular flexibility index (Phi) is 66.8. The maximum atomic E-state index is 12.9. The van der Waals surface area contributed by atoms with Crippen LogP contribution in [0.3, 0.4) is 0 Å². The van der Waals surface area contributed by atoms with Gasteiger partial charge in [0.25, 0.3) is 0 Å². The van der Waals surface area contributed by atoms with Gasteiger partial charge in [-0.3, -0.25) is 18.6 Å². The van der Waals surface area contributed by atoms with Gasteiger partial charge in [0.15, 0.2) is 6.10 Å². The molecule has 10 heteroatoms. The summed E-state index contributed by atoms with van der Waals surface area (Å²) in [5.41, 5.74) is 0. The summed E-state index contributed by atoms with van der Waals surface area (Å²) < 4.78 is 34.8. The van der Waals surface area contributed by atoms with E-state index in [-0.39, 0.29) is 25.6 Å². The number of unbranched alkanes of at least 4 members (excludes halogenated alkanes) is 44. The number of quaternary nitrogens is 1. The van der Waals surface area contributed by atoms with Crippen molar-refractivity contribution in [1.29, 1.82) is 0 Å². The van der Waals surface area contributed by atoms with Crippen molar-refractivity contribution in [2.45, 2.75) is 367 Å². The van der Waals surface area contributed by atoms with Crippen LogP contribution in [-0.2, 0) is 32.7 Å². The molecule has 0 aliphatic rings. The van der Waals surface area contributed by atoms with E-state index in [2.05, 4.69) is 86.8 Å². The molecule has 0 heterocycles. The number of ether oxygens (including phenoxy) is 2. The topological polar surface area (TPSA) is 108 Å². The van der Waals surface area contributed by atoms with Crippen LogP contribution >= 0.6 is 7.82 Å². The predicted molar refractivity (Wildman–Crippen MR) is 381 cm³/mol. The number of rotatable bonds is 70. The molecule has 0 aliphatic heterocycles. The average Bonchev–Trinajstić information content (AvgIpc) is 3.60. The van der Waals surface area contributed by atoms with E-state index in [0.717, 1.165) is 64.2 Å². The molecule has 0 aromatic rings. The van der Waals surface area contributed by atoms with Gasteiger partial charge in [-0.25, -0.2) is 4.57 Å². The monoisotopic (exact) mass is 1260 g/mol. The van der Waals surface area contributed by atoms with Crippen LogP contribution in [0.2, 0.25) is 0 Å². The largest absolute Gasteiger partial charge is 0.472 e. The normalized spacial score (nSPS) is 13.5. The summed E-state index contributed by atoms with van der Waals surface area (Å²) in [6.45, 7) is 4.36. The molecule has 0 rings (SSSR count). The highest BCUT2D eigenvalue weighted by atomic mass is 31.2. The molecule has 2 atom stereocenters. The summed E-state index contributed by atoms with van der Waals surface area (Å²) in [5, 5.41) is 0. The lowest BCUT2D eigenvalue weighted by molar-refractivity contribution is -0.870. The van der Waals surface area contributed by atoms with Crippen LogP contribution in [-0.4, -0.2) is 74.9 Å². The SMILES string of the molecule is CC/C=C\C/C=C\C/C=C\C/C=C\CCCCCCCCCCCCCCCCC(=O)OC(COC(=O)CCCCCCCCCCCCCCCCCCCCCCCCCCC/C=C\C/C=C\CCCCCCC)COP(=O)(O)OCC[N+](C)(C)C. The fourth-order valence-electron chi connectivity index (χ4n) is 11.0. The highest BCUT2D eigenvalue weighted by Gasteiger charge is 2.27. The van der Waals surface area contributed by atoms with Crippen molar-refractivity contribution in [3.05, 3.63) is 72.9 Å². The smallest absolute Gasteiger partial charge is 0.462 e. The van der Waals surface area contributed by atoms with Gasteiger partial charge in [0.2, 0.25) is 0 Å². The van der Waals surface area contributed by atoms with Gasteiger partial charge >= 0.3 is 19.8 Å². The minimum Gasteiger partial charge on any atom is -0.462 e. The van der Waals surface area contributed by atoms with Crippen molar-refractivity contribution in [2.75, 3.05) is 47.5 Å². The molecule has 1 N–H and O–H groups in total. The van der Waals surface area contributed by atoms with Crippen molar-refractivity contribution in [3.8, 4) is 0 Å². The Bertz CT molecular complexity index is 1710. The third kappa shape index (κ3) is 72.5. The Hall–Kier alpha value is -2.55. The second-order valence-corrected chi connectivity index (χ2v) is 28.1. The van der Waals surface area contributed by atoms with Gasteiger partial charge < -0.3 is 18.9 Å². The van der Waals surface area contributed by atoms with Crippen molar-refractivity contribution < 1.29 is 42.1 Å². The number of allylic oxidation sites excluding steroid dienone is 12. The first-order chi connectivity index (χ1) is 43.0. The number of phosphoric ester groups is 1. The first-order valence-electron chi connectivity index (χ1n) is 37.7. The second-order valence-electron chi connectivity index (χ2n) is 26.7. The van der Waals surface area contributed by atoms with E-state index >= 15 is 0 Å². The molecule has 0 aliphatic carbocycles. The molecule has 2 unspecified atom stereocenters. The number of esters is 2. The highest BCUT2D eigenvalue weighted by Crippen LogP contribution is 2.43. The number of likely N-dealkylation sites (N-methyl/N-ethyl adjacent to an activating group) is 1. The number of hydrogen-bond donors (Lipinski definition) is 1. The van der Waals surface area contributed by atoms with Crippen LogP contribution in [0.4, 0.5) is 0 Å². The molecular weight excluding hydrogens is 1110 g/mol. The molecule has 88 heavy (non-hydrogen) atoms. The van der Waals surface area contributed by atoms with Crippen molar-refractivity contribution >= 4 is 19.8 Å². The van der Waals surface area contributed by atoms with Gasteiger partial charge in [0, 0.05) is 12.8 Å². The summed E-state index contributed by atoms with van der Waals surface area (Å²) >= 11 is 0. The summed E-state index contributed by atoms with van der Waals surface area (Å²) in [6, 6.07) is 0. The zero-order valence-corrected chi connectivity index (χ0v) is 59.6. The molecule has 0 spiro atoms. The van der Waals surface area contributed by atoms with Crippen molar-refractivity contribution in [1.82, 2.24) is 0 Å². The maximum Gasteiger partial charge on any atom is 0.472 e. The molecule has 0 bridgehead atoms. The zero-order chi connectivity index (χ0) is 64.1. The molecule has 0 aromatic heterocycles. The molecule has 9 nitrogen and oxygen atoms in total. The molecule has 0 radical (unpaired) electrons. The second kappa shape index (κ2) is 68.8. The molecule has 0 saturated heterocycles. The van der Waals surface area contributed by atoms with Crippen LogP contribution in [0.5, 0.6) is 0 Å². The summed E-state index contributed by atoms with van der Waals surface area (Å²) in [5.74, 6) is -0.782. The third-order valence-electron chi connectivity index (χ3n) is 16.7. The third-order valence-corrected chi connectivity index (χ3v) is 17.7. The molecular formula is C78H145NO8P+. The zero-order valence-electron chi connectivity index (χ0n) is 58.7. The van der Waals surface area contributed by atoms with Crippen molar-refractivity contribution in [3.63, 3.8) is 0 Å². The van der Waals surface area contributed by atoms with E-state index < -0.39 is 26.5 Å². The lowest BCUT2D eigenvalue weighted by Gasteiger charge is -2.24. The van der Waals surface area contributed by atoms with Crippen LogP contribution in [0.25, 0.3) is 0 Å². The van der Waals surface area contributed by atoms with Gasteiger partial charge in [-0.1, -0.05) is 337 Å². The Morgan fingerprint density at radius 2 is 0.648 bits per heavy atom.